The average Bonchev–Trinajstić information content (AvgIpc) is 3.27. The predicted octanol–water partition coefficient (Wildman–Crippen LogP) is 4.58. The van der Waals surface area contributed by atoms with Crippen LogP contribution >= 0.6 is 0 Å². The number of H-pyrrole nitrogens is 1. The fraction of sp³-hybridized carbons (Fsp3) is 0.381. The first-order chi connectivity index (χ1) is 13.7. The van der Waals surface area contributed by atoms with Crippen molar-refractivity contribution >= 4 is 39.1 Å². The number of aromatic amines is 1. The van der Waals surface area contributed by atoms with Crippen LogP contribution in [0.4, 0.5) is 17.2 Å². The van der Waals surface area contributed by atoms with Gasteiger partial charge in [0, 0.05) is 35.9 Å². The highest BCUT2D eigenvalue weighted by molar-refractivity contribution is 6.12. The van der Waals surface area contributed by atoms with E-state index in [9.17, 15) is 0 Å². The molecule has 28 heavy (non-hydrogen) atoms. The van der Waals surface area contributed by atoms with Crippen molar-refractivity contribution in [3.05, 3.63) is 36.9 Å². The van der Waals surface area contributed by atoms with Crippen LogP contribution < -0.4 is 10.6 Å². The van der Waals surface area contributed by atoms with Gasteiger partial charge in [0.25, 0.3) is 0 Å². The number of hydrogen-bond donors (Lipinski definition) is 3. The third-order valence-electron chi connectivity index (χ3n) is 5.74. The van der Waals surface area contributed by atoms with Gasteiger partial charge in [0.05, 0.1) is 17.3 Å². The lowest BCUT2D eigenvalue weighted by atomic mass is 9.87. The molecule has 0 amide bonds. The van der Waals surface area contributed by atoms with Gasteiger partial charge in [0.2, 0.25) is 0 Å². The van der Waals surface area contributed by atoms with Gasteiger partial charge in [-0.2, -0.15) is 5.10 Å². The first kappa shape index (κ1) is 17.0. The van der Waals surface area contributed by atoms with Crippen molar-refractivity contribution in [2.75, 3.05) is 10.6 Å². The molecule has 0 atom stereocenters. The van der Waals surface area contributed by atoms with Gasteiger partial charge in [-0.15, -0.1) is 0 Å². The second-order valence-electron chi connectivity index (χ2n) is 7.96. The van der Waals surface area contributed by atoms with Crippen LogP contribution in [0.3, 0.4) is 0 Å². The van der Waals surface area contributed by atoms with Crippen molar-refractivity contribution in [1.29, 1.82) is 0 Å². The Labute approximate surface area is 163 Å². The topological polar surface area (TPSA) is 83.4 Å². The standard InChI is InChI=1S/C21H25N7/c1-13-3-5-14(6-4-13)26-20-19-17-9-15(25-16-10-24-28(2)11-16)7-8-18(17)27-21(19)23-12-22-20/h7-14,25H,3-6H2,1-2H3,(H2,22,23,26,27). The minimum absolute atomic E-state index is 0.482. The summed E-state index contributed by atoms with van der Waals surface area (Å²) >= 11 is 0. The molecule has 7 nitrogen and oxygen atoms in total. The third-order valence-corrected chi connectivity index (χ3v) is 5.74. The van der Waals surface area contributed by atoms with E-state index in [1.807, 2.05) is 19.4 Å². The Balaban J connectivity index is 1.51. The Hall–Kier alpha value is -3.09. The molecule has 1 aliphatic rings. The maximum atomic E-state index is 4.58. The summed E-state index contributed by atoms with van der Waals surface area (Å²) in [7, 11) is 1.91. The zero-order chi connectivity index (χ0) is 19.1. The highest BCUT2D eigenvalue weighted by Gasteiger charge is 2.20. The van der Waals surface area contributed by atoms with Crippen molar-refractivity contribution in [3.63, 3.8) is 0 Å². The molecule has 0 unspecified atom stereocenters. The van der Waals surface area contributed by atoms with Crippen LogP contribution in [0.2, 0.25) is 0 Å². The Morgan fingerprint density at radius 1 is 1.11 bits per heavy atom. The monoisotopic (exact) mass is 375 g/mol. The van der Waals surface area contributed by atoms with E-state index in [0.29, 0.717) is 6.04 Å². The number of fused-ring (bicyclic) bond motifs is 3. The molecule has 0 bridgehead atoms. The van der Waals surface area contributed by atoms with E-state index in [1.54, 1.807) is 11.0 Å². The summed E-state index contributed by atoms with van der Waals surface area (Å²) < 4.78 is 1.79. The average molecular weight is 375 g/mol. The molecule has 4 aromatic rings. The Morgan fingerprint density at radius 3 is 2.75 bits per heavy atom. The molecule has 3 aromatic heterocycles. The van der Waals surface area contributed by atoms with E-state index in [0.717, 1.165) is 45.0 Å². The fourth-order valence-electron chi connectivity index (χ4n) is 4.16. The molecule has 0 aliphatic heterocycles. The molecular weight excluding hydrogens is 350 g/mol. The SMILES string of the molecule is CC1CCC(Nc2ncnc3[nH]c4ccc(Nc5cnn(C)c5)cc4c23)CC1. The molecule has 0 spiro atoms. The summed E-state index contributed by atoms with van der Waals surface area (Å²) in [5.74, 6) is 1.76. The molecule has 3 heterocycles. The molecule has 7 heteroatoms. The van der Waals surface area contributed by atoms with Crippen molar-refractivity contribution in [3.8, 4) is 0 Å². The van der Waals surface area contributed by atoms with Crippen LogP contribution in [0.1, 0.15) is 32.6 Å². The Bertz CT molecular complexity index is 1120. The molecular formula is C21H25N7. The number of aromatic nitrogens is 5. The summed E-state index contributed by atoms with van der Waals surface area (Å²) in [4.78, 5) is 12.5. The van der Waals surface area contributed by atoms with Gasteiger partial charge in [-0.3, -0.25) is 4.68 Å². The van der Waals surface area contributed by atoms with Crippen molar-refractivity contribution < 1.29 is 0 Å². The molecule has 3 N–H and O–H groups in total. The maximum Gasteiger partial charge on any atom is 0.143 e. The zero-order valence-electron chi connectivity index (χ0n) is 16.2. The summed E-state index contributed by atoms with van der Waals surface area (Å²) in [6.45, 7) is 2.34. The van der Waals surface area contributed by atoms with Crippen molar-refractivity contribution in [1.82, 2.24) is 24.7 Å². The maximum absolute atomic E-state index is 4.58. The first-order valence-corrected chi connectivity index (χ1v) is 9.94. The van der Waals surface area contributed by atoms with Gasteiger partial charge in [-0.25, -0.2) is 9.97 Å². The second kappa shape index (κ2) is 6.82. The quantitative estimate of drug-likeness (QED) is 0.486. The molecule has 1 aromatic carbocycles. The molecule has 0 radical (unpaired) electrons. The van der Waals surface area contributed by atoms with Gasteiger partial charge in [0.1, 0.15) is 17.8 Å². The van der Waals surface area contributed by atoms with E-state index in [2.05, 4.69) is 55.8 Å². The normalized spacial score (nSPS) is 19.9. The van der Waals surface area contributed by atoms with E-state index in [-0.39, 0.29) is 0 Å². The highest BCUT2D eigenvalue weighted by Crippen LogP contribution is 2.33. The molecule has 0 saturated heterocycles. The highest BCUT2D eigenvalue weighted by atomic mass is 15.3. The zero-order valence-corrected chi connectivity index (χ0v) is 16.2. The molecule has 1 saturated carbocycles. The lowest BCUT2D eigenvalue weighted by Crippen LogP contribution is -2.25. The molecule has 1 fully saturated rings. The van der Waals surface area contributed by atoms with Crippen LogP contribution in [0.15, 0.2) is 36.9 Å². The minimum atomic E-state index is 0.482. The summed E-state index contributed by atoms with van der Waals surface area (Å²) in [6, 6.07) is 6.78. The first-order valence-electron chi connectivity index (χ1n) is 9.94. The van der Waals surface area contributed by atoms with Gasteiger partial charge in [-0.05, 0) is 49.8 Å². The lowest BCUT2D eigenvalue weighted by Gasteiger charge is -2.27. The van der Waals surface area contributed by atoms with Crippen LogP contribution in [-0.2, 0) is 7.05 Å². The number of nitrogens with zero attached hydrogens (tertiary/aromatic N) is 4. The number of aryl methyl sites for hydroxylation is 1. The second-order valence-corrected chi connectivity index (χ2v) is 7.96. The van der Waals surface area contributed by atoms with Crippen LogP contribution in [0.5, 0.6) is 0 Å². The minimum Gasteiger partial charge on any atom is -0.367 e. The Morgan fingerprint density at radius 2 is 1.96 bits per heavy atom. The molecule has 1 aliphatic carbocycles. The number of anilines is 3. The summed E-state index contributed by atoms with van der Waals surface area (Å²) in [6.07, 6.45) is 10.4. The van der Waals surface area contributed by atoms with Gasteiger partial charge >= 0.3 is 0 Å². The van der Waals surface area contributed by atoms with E-state index < -0.39 is 0 Å². The third kappa shape index (κ3) is 3.17. The van der Waals surface area contributed by atoms with Crippen LogP contribution in [-0.4, -0.2) is 30.8 Å². The summed E-state index contributed by atoms with van der Waals surface area (Å²) in [5, 5.41) is 13.5. The van der Waals surface area contributed by atoms with Crippen LogP contribution in [0.25, 0.3) is 21.9 Å². The fourth-order valence-corrected chi connectivity index (χ4v) is 4.16. The summed E-state index contributed by atoms with van der Waals surface area (Å²) in [5.41, 5.74) is 3.91. The van der Waals surface area contributed by atoms with E-state index >= 15 is 0 Å². The van der Waals surface area contributed by atoms with E-state index in [4.69, 9.17) is 0 Å². The number of hydrogen-bond acceptors (Lipinski definition) is 5. The van der Waals surface area contributed by atoms with Gasteiger partial charge in [0.15, 0.2) is 0 Å². The number of rotatable bonds is 4. The van der Waals surface area contributed by atoms with Gasteiger partial charge in [-0.1, -0.05) is 6.92 Å². The van der Waals surface area contributed by atoms with Crippen molar-refractivity contribution in [2.45, 2.75) is 38.6 Å². The lowest BCUT2D eigenvalue weighted by molar-refractivity contribution is 0.361. The van der Waals surface area contributed by atoms with Gasteiger partial charge < -0.3 is 15.6 Å². The van der Waals surface area contributed by atoms with E-state index in [1.165, 1.54) is 25.7 Å². The smallest absolute Gasteiger partial charge is 0.143 e. The number of nitrogens with one attached hydrogen (secondary N) is 3. The predicted molar refractivity (Wildman–Crippen MR) is 113 cm³/mol. The molecule has 5 rings (SSSR count). The van der Waals surface area contributed by atoms with Crippen LogP contribution in [0, 0.1) is 5.92 Å². The van der Waals surface area contributed by atoms with Crippen molar-refractivity contribution in [2.24, 2.45) is 13.0 Å². The molecule has 144 valence electrons. The largest absolute Gasteiger partial charge is 0.367 e. The Kier molecular flexibility index (Phi) is 4.15. The number of benzene rings is 1.